The van der Waals surface area contributed by atoms with E-state index < -0.39 is 0 Å². The Labute approximate surface area is 94.6 Å². The SMILES string of the molecule is CN(CCN)C(=O)CSc1ccccc1. The van der Waals surface area contributed by atoms with Crippen molar-refractivity contribution in [3.05, 3.63) is 30.3 Å². The summed E-state index contributed by atoms with van der Waals surface area (Å²) in [6.07, 6.45) is 0. The summed E-state index contributed by atoms with van der Waals surface area (Å²) < 4.78 is 0. The average Bonchev–Trinajstić information content (AvgIpc) is 2.27. The van der Waals surface area contributed by atoms with Gasteiger partial charge in [-0.1, -0.05) is 18.2 Å². The van der Waals surface area contributed by atoms with Crippen LogP contribution in [0.15, 0.2) is 35.2 Å². The molecule has 0 fully saturated rings. The van der Waals surface area contributed by atoms with Gasteiger partial charge >= 0.3 is 0 Å². The number of rotatable bonds is 5. The Morgan fingerprint density at radius 3 is 2.67 bits per heavy atom. The van der Waals surface area contributed by atoms with Crippen LogP contribution in [-0.2, 0) is 4.79 Å². The number of nitrogens with two attached hydrogens (primary N) is 1. The second-order valence-electron chi connectivity index (χ2n) is 3.21. The lowest BCUT2D eigenvalue weighted by Gasteiger charge is -2.15. The van der Waals surface area contributed by atoms with Gasteiger partial charge in [0, 0.05) is 25.0 Å². The van der Waals surface area contributed by atoms with Crippen molar-refractivity contribution in [2.24, 2.45) is 5.73 Å². The Morgan fingerprint density at radius 2 is 2.07 bits per heavy atom. The fourth-order valence-electron chi connectivity index (χ4n) is 1.09. The molecule has 1 rings (SSSR count). The monoisotopic (exact) mass is 224 g/mol. The van der Waals surface area contributed by atoms with Crippen LogP contribution in [-0.4, -0.2) is 36.7 Å². The van der Waals surface area contributed by atoms with E-state index in [-0.39, 0.29) is 5.91 Å². The Hall–Kier alpha value is -1.00. The smallest absolute Gasteiger partial charge is 0.232 e. The zero-order valence-corrected chi connectivity index (χ0v) is 9.67. The maximum atomic E-state index is 11.6. The van der Waals surface area contributed by atoms with Gasteiger partial charge < -0.3 is 10.6 Å². The molecule has 4 heteroatoms. The number of nitrogens with zero attached hydrogens (tertiary/aromatic N) is 1. The molecule has 0 aliphatic carbocycles. The van der Waals surface area contributed by atoms with Crippen molar-refractivity contribution >= 4 is 17.7 Å². The van der Waals surface area contributed by atoms with E-state index in [9.17, 15) is 4.79 Å². The topological polar surface area (TPSA) is 46.3 Å². The molecule has 0 aromatic heterocycles. The Morgan fingerprint density at radius 1 is 1.40 bits per heavy atom. The van der Waals surface area contributed by atoms with E-state index in [1.54, 1.807) is 23.7 Å². The third-order valence-corrected chi connectivity index (χ3v) is 2.99. The lowest BCUT2D eigenvalue weighted by atomic mass is 10.4. The first-order chi connectivity index (χ1) is 7.24. The van der Waals surface area contributed by atoms with E-state index in [1.165, 1.54) is 0 Å². The Kier molecular flexibility index (Phi) is 5.21. The molecule has 0 atom stereocenters. The van der Waals surface area contributed by atoms with Crippen LogP contribution in [0.25, 0.3) is 0 Å². The van der Waals surface area contributed by atoms with Crippen molar-refractivity contribution < 1.29 is 4.79 Å². The summed E-state index contributed by atoms with van der Waals surface area (Å²) in [6.45, 7) is 1.13. The second-order valence-corrected chi connectivity index (χ2v) is 4.25. The van der Waals surface area contributed by atoms with Gasteiger partial charge in [-0.25, -0.2) is 0 Å². The summed E-state index contributed by atoms with van der Waals surface area (Å²) in [5, 5.41) is 0. The quantitative estimate of drug-likeness (QED) is 0.764. The van der Waals surface area contributed by atoms with Crippen LogP contribution in [0.5, 0.6) is 0 Å². The zero-order valence-electron chi connectivity index (χ0n) is 8.85. The van der Waals surface area contributed by atoms with Crippen molar-refractivity contribution in [3.8, 4) is 0 Å². The molecule has 0 heterocycles. The molecule has 15 heavy (non-hydrogen) atoms. The molecule has 0 aliphatic rings. The highest BCUT2D eigenvalue weighted by atomic mass is 32.2. The number of hydrogen-bond acceptors (Lipinski definition) is 3. The highest BCUT2D eigenvalue weighted by Crippen LogP contribution is 2.16. The van der Waals surface area contributed by atoms with Crippen LogP contribution in [0.2, 0.25) is 0 Å². The first-order valence-electron chi connectivity index (χ1n) is 4.86. The number of likely N-dealkylation sites (N-methyl/N-ethyl adjacent to an activating group) is 1. The van der Waals surface area contributed by atoms with E-state index in [4.69, 9.17) is 5.73 Å². The second kappa shape index (κ2) is 6.48. The van der Waals surface area contributed by atoms with Gasteiger partial charge in [0.1, 0.15) is 0 Å². The number of thioether (sulfide) groups is 1. The molecule has 0 spiro atoms. The number of amides is 1. The maximum absolute atomic E-state index is 11.6. The predicted octanol–water partition coefficient (Wildman–Crippen LogP) is 1.20. The van der Waals surface area contributed by atoms with Gasteiger partial charge in [-0.05, 0) is 12.1 Å². The van der Waals surface area contributed by atoms with E-state index in [1.807, 2.05) is 30.3 Å². The highest BCUT2D eigenvalue weighted by Gasteiger charge is 2.07. The highest BCUT2D eigenvalue weighted by molar-refractivity contribution is 8.00. The van der Waals surface area contributed by atoms with E-state index in [2.05, 4.69) is 0 Å². The molecule has 1 amide bonds. The van der Waals surface area contributed by atoms with Crippen molar-refractivity contribution in [2.45, 2.75) is 4.90 Å². The van der Waals surface area contributed by atoms with Gasteiger partial charge in [0.2, 0.25) is 5.91 Å². The van der Waals surface area contributed by atoms with Crippen LogP contribution < -0.4 is 5.73 Å². The third-order valence-electron chi connectivity index (χ3n) is 2.00. The molecule has 0 unspecified atom stereocenters. The van der Waals surface area contributed by atoms with Crippen LogP contribution in [0.3, 0.4) is 0 Å². The molecule has 0 saturated heterocycles. The fraction of sp³-hybridized carbons (Fsp3) is 0.364. The molecule has 2 N–H and O–H groups in total. The lowest BCUT2D eigenvalue weighted by molar-refractivity contribution is -0.126. The number of hydrogen-bond donors (Lipinski definition) is 1. The predicted molar refractivity (Wildman–Crippen MR) is 63.9 cm³/mol. The summed E-state index contributed by atoms with van der Waals surface area (Å²) >= 11 is 1.55. The molecule has 0 saturated carbocycles. The lowest BCUT2D eigenvalue weighted by Crippen LogP contribution is -2.32. The van der Waals surface area contributed by atoms with Gasteiger partial charge in [0.05, 0.1) is 5.75 Å². The van der Waals surface area contributed by atoms with Gasteiger partial charge in [0.15, 0.2) is 0 Å². The van der Waals surface area contributed by atoms with Crippen LogP contribution >= 0.6 is 11.8 Å². The molecule has 1 aromatic rings. The largest absolute Gasteiger partial charge is 0.344 e. The molecule has 1 aromatic carbocycles. The van der Waals surface area contributed by atoms with Crippen LogP contribution in [0.4, 0.5) is 0 Å². The first-order valence-corrected chi connectivity index (χ1v) is 5.84. The Balaban J connectivity index is 2.34. The average molecular weight is 224 g/mol. The van der Waals surface area contributed by atoms with Crippen LogP contribution in [0.1, 0.15) is 0 Å². The minimum Gasteiger partial charge on any atom is -0.344 e. The number of carbonyl (C=O) groups excluding carboxylic acids is 1. The van der Waals surface area contributed by atoms with Crippen molar-refractivity contribution in [1.29, 1.82) is 0 Å². The summed E-state index contributed by atoms with van der Waals surface area (Å²) in [5.41, 5.74) is 5.37. The molecule has 0 radical (unpaired) electrons. The summed E-state index contributed by atoms with van der Waals surface area (Å²) in [7, 11) is 1.78. The fourth-order valence-corrected chi connectivity index (χ4v) is 1.95. The maximum Gasteiger partial charge on any atom is 0.232 e. The summed E-state index contributed by atoms with van der Waals surface area (Å²) in [6, 6.07) is 9.90. The summed E-state index contributed by atoms with van der Waals surface area (Å²) in [4.78, 5) is 14.3. The van der Waals surface area contributed by atoms with E-state index >= 15 is 0 Å². The minimum atomic E-state index is 0.120. The standard InChI is InChI=1S/C11H16N2OS/c1-13(8-7-12)11(14)9-15-10-5-3-2-4-6-10/h2-6H,7-9,12H2,1H3. The third kappa shape index (κ3) is 4.36. The summed E-state index contributed by atoms with van der Waals surface area (Å²) in [5.74, 6) is 0.592. The molecular weight excluding hydrogens is 208 g/mol. The first kappa shape index (κ1) is 12.1. The number of carbonyl (C=O) groups is 1. The molecule has 3 nitrogen and oxygen atoms in total. The van der Waals surface area contributed by atoms with Gasteiger partial charge in [-0.15, -0.1) is 11.8 Å². The number of benzene rings is 1. The minimum absolute atomic E-state index is 0.120. The van der Waals surface area contributed by atoms with Crippen molar-refractivity contribution in [2.75, 3.05) is 25.9 Å². The van der Waals surface area contributed by atoms with Crippen molar-refractivity contribution in [3.63, 3.8) is 0 Å². The molecule has 0 bridgehead atoms. The van der Waals surface area contributed by atoms with Gasteiger partial charge in [-0.2, -0.15) is 0 Å². The zero-order chi connectivity index (χ0) is 11.1. The van der Waals surface area contributed by atoms with Gasteiger partial charge in [-0.3, -0.25) is 4.79 Å². The Bertz CT molecular complexity index is 303. The van der Waals surface area contributed by atoms with E-state index in [0.29, 0.717) is 18.8 Å². The molecule has 82 valence electrons. The van der Waals surface area contributed by atoms with Crippen LogP contribution in [0, 0.1) is 0 Å². The van der Waals surface area contributed by atoms with Crippen molar-refractivity contribution in [1.82, 2.24) is 4.90 Å². The normalized spacial score (nSPS) is 10.0. The van der Waals surface area contributed by atoms with Gasteiger partial charge in [0.25, 0.3) is 0 Å². The molecule has 0 aliphatic heterocycles. The van der Waals surface area contributed by atoms with E-state index in [0.717, 1.165) is 4.90 Å². The molecular formula is C11H16N2OS.